The number of anilines is 2. The molecule has 0 saturated carbocycles. The fourth-order valence-electron chi connectivity index (χ4n) is 3.67. The van der Waals surface area contributed by atoms with Gasteiger partial charge in [-0.1, -0.05) is 36.4 Å². The third kappa shape index (κ3) is 3.70. The second-order valence-corrected chi connectivity index (χ2v) is 8.05. The molecule has 7 heteroatoms. The second-order valence-electron chi connectivity index (χ2n) is 7.19. The van der Waals surface area contributed by atoms with E-state index in [0.29, 0.717) is 6.54 Å². The van der Waals surface area contributed by atoms with E-state index in [1.54, 1.807) is 6.20 Å². The quantitative estimate of drug-likeness (QED) is 0.476. The Labute approximate surface area is 177 Å². The molecule has 0 atom stereocenters. The van der Waals surface area contributed by atoms with Crippen LogP contribution in [-0.4, -0.2) is 32.7 Å². The zero-order valence-corrected chi connectivity index (χ0v) is 17.5. The second kappa shape index (κ2) is 7.83. The molecule has 0 amide bonds. The van der Waals surface area contributed by atoms with Gasteiger partial charge in [0.05, 0.1) is 16.4 Å². The summed E-state index contributed by atoms with van der Waals surface area (Å²) in [4.78, 5) is 11.8. The highest BCUT2D eigenvalue weighted by molar-refractivity contribution is 9.10. The summed E-state index contributed by atoms with van der Waals surface area (Å²) in [6.07, 6.45) is 6.24. The summed E-state index contributed by atoms with van der Waals surface area (Å²) >= 11 is 3.56. The van der Waals surface area contributed by atoms with Crippen LogP contribution >= 0.6 is 15.9 Å². The first-order chi connectivity index (χ1) is 14.3. The van der Waals surface area contributed by atoms with Crippen molar-refractivity contribution in [2.45, 2.75) is 19.4 Å². The van der Waals surface area contributed by atoms with Crippen molar-refractivity contribution < 1.29 is 0 Å². The topological polar surface area (TPSA) is 58.4 Å². The van der Waals surface area contributed by atoms with E-state index >= 15 is 0 Å². The van der Waals surface area contributed by atoms with Crippen LogP contribution in [0.15, 0.2) is 65.4 Å². The third-order valence-electron chi connectivity index (χ3n) is 5.21. The van der Waals surface area contributed by atoms with Gasteiger partial charge in [-0.25, -0.2) is 9.97 Å². The van der Waals surface area contributed by atoms with E-state index < -0.39 is 0 Å². The Kier molecular flexibility index (Phi) is 4.89. The summed E-state index contributed by atoms with van der Waals surface area (Å²) in [5, 5.41) is 7.96. The zero-order valence-electron chi connectivity index (χ0n) is 15.9. The fourth-order valence-corrected chi connectivity index (χ4v) is 4.01. The number of aromatic nitrogens is 4. The average molecular weight is 449 g/mol. The Bertz CT molecular complexity index is 1120. The molecule has 6 nitrogen and oxygen atoms in total. The lowest BCUT2D eigenvalue weighted by atomic mass is 10.1. The van der Waals surface area contributed by atoms with Crippen LogP contribution in [0.5, 0.6) is 0 Å². The Hall–Kier alpha value is -2.93. The van der Waals surface area contributed by atoms with E-state index in [1.807, 2.05) is 35.0 Å². The minimum Gasteiger partial charge on any atom is -0.366 e. The molecule has 1 aliphatic heterocycles. The number of halogens is 1. The van der Waals surface area contributed by atoms with Crippen molar-refractivity contribution in [3.05, 3.63) is 71.0 Å². The Morgan fingerprint density at radius 1 is 1.00 bits per heavy atom. The molecule has 0 aliphatic carbocycles. The first kappa shape index (κ1) is 18.1. The standard InChI is InChI=1S/C22H21BrN6/c23-18-15-26-29-21(12-19(27-22(18)29)17-6-2-1-3-7-17)25-14-16-8-9-20(24-13-16)28-10-4-5-11-28/h1-3,6-9,12-13,15,25H,4-5,10-11,14H2. The zero-order chi connectivity index (χ0) is 19.6. The maximum absolute atomic E-state index is 4.77. The van der Waals surface area contributed by atoms with Crippen molar-refractivity contribution >= 4 is 33.2 Å². The van der Waals surface area contributed by atoms with Crippen LogP contribution in [0.4, 0.5) is 11.6 Å². The van der Waals surface area contributed by atoms with Gasteiger partial charge in [0.25, 0.3) is 0 Å². The van der Waals surface area contributed by atoms with Crippen molar-refractivity contribution in [1.82, 2.24) is 19.6 Å². The molecule has 0 bridgehead atoms. The number of pyridine rings is 1. The van der Waals surface area contributed by atoms with Crippen molar-refractivity contribution in [2.75, 3.05) is 23.3 Å². The smallest absolute Gasteiger partial charge is 0.172 e. The van der Waals surface area contributed by atoms with Gasteiger partial charge in [-0.3, -0.25) is 0 Å². The summed E-state index contributed by atoms with van der Waals surface area (Å²) in [5.74, 6) is 1.96. The lowest BCUT2D eigenvalue weighted by Gasteiger charge is -2.16. The molecule has 1 N–H and O–H groups in total. The van der Waals surface area contributed by atoms with Crippen molar-refractivity contribution in [2.24, 2.45) is 0 Å². The largest absolute Gasteiger partial charge is 0.366 e. The minimum atomic E-state index is 0.665. The van der Waals surface area contributed by atoms with E-state index in [1.165, 1.54) is 12.8 Å². The van der Waals surface area contributed by atoms with Crippen LogP contribution in [0.2, 0.25) is 0 Å². The molecular weight excluding hydrogens is 428 g/mol. The van der Waals surface area contributed by atoms with Crippen LogP contribution in [0.25, 0.3) is 16.9 Å². The molecule has 0 unspecified atom stereocenters. The van der Waals surface area contributed by atoms with E-state index in [-0.39, 0.29) is 0 Å². The molecule has 0 spiro atoms. The number of benzene rings is 1. The molecule has 5 rings (SSSR count). The highest BCUT2D eigenvalue weighted by Gasteiger charge is 2.14. The van der Waals surface area contributed by atoms with Gasteiger partial charge in [-0.15, -0.1) is 0 Å². The molecule has 146 valence electrons. The monoisotopic (exact) mass is 448 g/mol. The van der Waals surface area contributed by atoms with E-state index in [2.05, 4.69) is 60.5 Å². The molecule has 1 aromatic carbocycles. The van der Waals surface area contributed by atoms with Gasteiger partial charge in [0.15, 0.2) is 5.65 Å². The van der Waals surface area contributed by atoms with Crippen LogP contribution in [0.1, 0.15) is 18.4 Å². The van der Waals surface area contributed by atoms with Gasteiger partial charge in [0, 0.05) is 37.5 Å². The summed E-state index contributed by atoms with van der Waals surface area (Å²) in [6.45, 7) is 2.88. The van der Waals surface area contributed by atoms with E-state index in [0.717, 1.165) is 51.7 Å². The lowest BCUT2D eigenvalue weighted by molar-refractivity contribution is 0.917. The number of nitrogens with one attached hydrogen (secondary N) is 1. The normalized spacial score (nSPS) is 13.9. The molecule has 1 saturated heterocycles. The SMILES string of the molecule is Brc1cnn2c(NCc3ccc(N4CCCC4)nc3)cc(-c3ccccc3)nc12. The van der Waals surface area contributed by atoms with Crippen molar-refractivity contribution in [3.63, 3.8) is 0 Å². The highest BCUT2D eigenvalue weighted by atomic mass is 79.9. The molecule has 4 heterocycles. The van der Waals surface area contributed by atoms with Gasteiger partial charge >= 0.3 is 0 Å². The molecule has 4 aromatic rings. The van der Waals surface area contributed by atoms with Crippen molar-refractivity contribution in [3.8, 4) is 11.3 Å². The Balaban J connectivity index is 1.41. The molecular formula is C22H21BrN6. The van der Waals surface area contributed by atoms with Crippen molar-refractivity contribution in [1.29, 1.82) is 0 Å². The highest BCUT2D eigenvalue weighted by Crippen LogP contribution is 2.26. The maximum Gasteiger partial charge on any atom is 0.172 e. The number of rotatable bonds is 5. The number of hydrogen-bond acceptors (Lipinski definition) is 5. The van der Waals surface area contributed by atoms with Gasteiger partial charge in [0.1, 0.15) is 11.6 Å². The van der Waals surface area contributed by atoms with Crippen LogP contribution in [-0.2, 0) is 6.54 Å². The maximum atomic E-state index is 4.77. The Morgan fingerprint density at radius 2 is 1.83 bits per heavy atom. The molecule has 1 fully saturated rings. The summed E-state index contributed by atoms with van der Waals surface area (Å²) in [6, 6.07) is 16.5. The van der Waals surface area contributed by atoms with Crippen LogP contribution in [0, 0.1) is 0 Å². The molecule has 1 aliphatic rings. The van der Waals surface area contributed by atoms with Gasteiger partial charge in [0.2, 0.25) is 0 Å². The molecule has 29 heavy (non-hydrogen) atoms. The van der Waals surface area contributed by atoms with Gasteiger partial charge in [-0.2, -0.15) is 9.61 Å². The minimum absolute atomic E-state index is 0.665. The fraction of sp³-hybridized carbons (Fsp3) is 0.227. The predicted octanol–water partition coefficient (Wildman–Crippen LogP) is 4.77. The van der Waals surface area contributed by atoms with Gasteiger partial charge < -0.3 is 10.2 Å². The Morgan fingerprint density at radius 3 is 2.59 bits per heavy atom. The summed E-state index contributed by atoms with van der Waals surface area (Å²) in [5.41, 5.74) is 3.90. The summed E-state index contributed by atoms with van der Waals surface area (Å²) in [7, 11) is 0. The number of fused-ring (bicyclic) bond motifs is 1. The van der Waals surface area contributed by atoms with E-state index in [9.17, 15) is 0 Å². The van der Waals surface area contributed by atoms with Crippen LogP contribution in [0.3, 0.4) is 0 Å². The average Bonchev–Trinajstić information content (AvgIpc) is 3.44. The first-order valence-corrected chi connectivity index (χ1v) is 10.6. The third-order valence-corrected chi connectivity index (χ3v) is 5.77. The van der Waals surface area contributed by atoms with E-state index in [4.69, 9.17) is 4.98 Å². The van der Waals surface area contributed by atoms with Crippen LogP contribution < -0.4 is 10.2 Å². The number of hydrogen-bond donors (Lipinski definition) is 1. The predicted molar refractivity (Wildman–Crippen MR) is 119 cm³/mol. The lowest BCUT2D eigenvalue weighted by Crippen LogP contribution is -2.18. The van der Waals surface area contributed by atoms with Gasteiger partial charge in [-0.05, 0) is 40.4 Å². The summed E-state index contributed by atoms with van der Waals surface area (Å²) < 4.78 is 2.69. The molecule has 0 radical (unpaired) electrons. The first-order valence-electron chi connectivity index (χ1n) is 9.81. The molecule has 3 aromatic heterocycles. The number of nitrogens with zero attached hydrogens (tertiary/aromatic N) is 5.